The number of nitrogens with zero attached hydrogens (tertiary/aromatic N) is 6. The van der Waals surface area contributed by atoms with Crippen LogP contribution < -0.4 is 9.64 Å². The number of anilines is 1. The number of aryl methyl sites for hydroxylation is 1. The molecule has 0 radical (unpaired) electrons. The van der Waals surface area contributed by atoms with E-state index in [9.17, 15) is 0 Å². The van der Waals surface area contributed by atoms with Crippen molar-refractivity contribution in [3.8, 4) is 5.75 Å². The van der Waals surface area contributed by atoms with Crippen LogP contribution in [0.3, 0.4) is 0 Å². The zero-order valence-electron chi connectivity index (χ0n) is 19.7. The molecule has 1 aromatic heterocycles. The standard InChI is InChI=1S/C27H30N6O/c1-21-8-10-23(11-9-21)26(27-28-29-30-33(27)20-22-6-4-3-5-7-22)32-18-16-31(17-19-32)24-12-14-25(34-2)15-13-24/h3-15,26H,16-20H2,1-2H3/t26-/m0/s1. The van der Waals surface area contributed by atoms with Crippen LogP contribution in [0.2, 0.25) is 0 Å². The van der Waals surface area contributed by atoms with E-state index in [-0.39, 0.29) is 6.04 Å². The maximum atomic E-state index is 5.31. The largest absolute Gasteiger partial charge is 0.497 e. The highest BCUT2D eigenvalue weighted by atomic mass is 16.5. The molecule has 0 spiro atoms. The first-order valence-corrected chi connectivity index (χ1v) is 11.7. The number of hydrogen-bond donors (Lipinski definition) is 0. The van der Waals surface area contributed by atoms with E-state index in [0.717, 1.165) is 37.8 Å². The molecule has 1 saturated heterocycles. The van der Waals surface area contributed by atoms with E-state index in [1.54, 1.807) is 7.11 Å². The molecule has 2 heterocycles. The molecule has 7 heteroatoms. The zero-order valence-corrected chi connectivity index (χ0v) is 19.7. The number of rotatable bonds is 7. The molecule has 0 bridgehead atoms. The average Bonchev–Trinajstić information content (AvgIpc) is 3.34. The lowest BCUT2D eigenvalue weighted by molar-refractivity contribution is 0.201. The van der Waals surface area contributed by atoms with Gasteiger partial charge in [0.25, 0.3) is 0 Å². The quantitative estimate of drug-likeness (QED) is 0.421. The molecular formula is C27H30N6O. The summed E-state index contributed by atoms with van der Waals surface area (Å²) in [6.45, 7) is 6.48. The minimum Gasteiger partial charge on any atom is -0.497 e. The fraction of sp³-hybridized carbons (Fsp3) is 0.296. The first-order valence-electron chi connectivity index (χ1n) is 11.7. The van der Waals surface area contributed by atoms with E-state index in [4.69, 9.17) is 4.74 Å². The third-order valence-electron chi connectivity index (χ3n) is 6.49. The van der Waals surface area contributed by atoms with Crippen LogP contribution in [0.15, 0.2) is 78.9 Å². The smallest absolute Gasteiger partial charge is 0.173 e. The monoisotopic (exact) mass is 454 g/mol. The minimum atomic E-state index is -0.00247. The lowest BCUT2D eigenvalue weighted by Crippen LogP contribution is -2.48. The lowest BCUT2D eigenvalue weighted by Gasteiger charge is -2.40. The van der Waals surface area contributed by atoms with Gasteiger partial charge in [-0.15, -0.1) is 5.10 Å². The molecule has 4 aromatic rings. The third kappa shape index (κ3) is 4.79. The predicted octanol–water partition coefficient (Wildman–Crippen LogP) is 3.95. The maximum absolute atomic E-state index is 5.31. The van der Waals surface area contributed by atoms with E-state index in [1.165, 1.54) is 22.4 Å². The molecule has 0 aliphatic carbocycles. The van der Waals surface area contributed by atoms with Gasteiger partial charge in [-0.2, -0.15) is 0 Å². The number of tetrazole rings is 1. The van der Waals surface area contributed by atoms with Gasteiger partial charge in [0.15, 0.2) is 5.82 Å². The van der Waals surface area contributed by atoms with Gasteiger partial charge >= 0.3 is 0 Å². The Kier molecular flexibility index (Phi) is 6.53. The minimum absolute atomic E-state index is 0.00247. The maximum Gasteiger partial charge on any atom is 0.173 e. The van der Waals surface area contributed by atoms with Crippen LogP contribution in [0, 0.1) is 6.92 Å². The fourth-order valence-electron chi connectivity index (χ4n) is 4.58. The Hall–Kier alpha value is -3.71. The van der Waals surface area contributed by atoms with E-state index in [0.29, 0.717) is 6.54 Å². The molecule has 5 rings (SSSR count). The highest BCUT2D eigenvalue weighted by Gasteiger charge is 2.30. The van der Waals surface area contributed by atoms with Gasteiger partial charge in [-0.1, -0.05) is 60.2 Å². The number of benzene rings is 3. The summed E-state index contributed by atoms with van der Waals surface area (Å²) in [5, 5.41) is 12.9. The van der Waals surface area contributed by atoms with Crippen molar-refractivity contribution in [3.63, 3.8) is 0 Å². The zero-order chi connectivity index (χ0) is 23.3. The molecule has 3 aromatic carbocycles. The molecule has 0 unspecified atom stereocenters. The summed E-state index contributed by atoms with van der Waals surface area (Å²) in [6, 6.07) is 27.4. The molecule has 0 N–H and O–H groups in total. The highest BCUT2D eigenvalue weighted by Crippen LogP contribution is 2.30. The number of aromatic nitrogens is 4. The molecule has 174 valence electrons. The molecule has 1 aliphatic heterocycles. The van der Waals surface area contributed by atoms with Gasteiger partial charge in [-0.25, -0.2) is 4.68 Å². The molecular weight excluding hydrogens is 424 g/mol. The van der Waals surface area contributed by atoms with Gasteiger partial charge in [0, 0.05) is 31.9 Å². The van der Waals surface area contributed by atoms with Crippen molar-refractivity contribution in [3.05, 3.63) is 101 Å². The number of hydrogen-bond acceptors (Lipinski definition) is 6. The summed E-state index contributed by atoms with van der Waals surface area (Å²) >= 11 is 0. The lowest BCUT2D eigenvalue weighted by atomic mass is 10.0. The third-order valence-corrected chi connectivity index (χ3v) is 6.49. The van der Waals surface area contributed by atoms with Crippen molar-refractivity contribution < 1.29 is 4.74 Å². The number of piperazine rings is 1. The summed E-state index contributed by atoms with van der Waals surface area (Å²) in [6.07, 6.45) is 0. The van der Waals surface area contributed by atoms with Crippen molar-refractivity contribution in [1.29, 1.82) is 0 Å². The van der Waals surface area contributed by atoms with Gasteiger partial charge in [-0.3, -0.25) is 4.90 Å². The van der Waals surface area contributed by atoms with Gasteiger partial charge in [-0.05, 0) is 52.7 Å². The summed E-state index contributed by atoms with van der Waals surface area (Å²) in [5.41, 5.74) is 4.87. The van der Waals surface area contributed by atoms with Crippen molar-refractivity contribution >= 4 is 5.69 Å². The van der Waals surface area contributed by atoms with Crippen molar-refractivity contribution in [1.82, 2.24) is 25.1 Å². The fourth-order valence-corrected chi connectivity index (χ4v) is 4.58. The van der Waals surface area contributed by atoms with E-state index >= 15 is 0 Å². The van der Waals surface area contributed by atoms with Gasteiger partial charge in [0.1, 0.15) is 5.75 Å². The SMILES string of the molecule is COc1ccc(N2CCN([C@@H](c3ccc(C)cc3)c3nnnn3Cc3ccccc3)CC2)cc1. The predicted molar refractivity (Wildman–Crippen MR) is 133 cm³/mol. The molecule has 0 saturated carbocycles. The van der Waals surface area contributed by atoms with Gasteiger partial charge in [0.2, 0.25) is 0 Å². The Balaban J connectivity index is 1.40. The van der Waals surface area contributed by atoms with Crippen LogP contribution in [-0.4, -0.2) is 58.4 Å². The first kappa shape index (κ1) is 22.1. The van der Waals surface area contributed by atoms with Crippen molar-refractivity contribution in [2.24, 2.45) is 0 Å². The Morgan fingerprint density at radius 2 is 1.56 bits per heavy atom. The van der Waals surface area contributed by atoms with E-state index in [2.05, 4.69) is 92.9 Å². The Labute approximate surface area is 200 Å². The molecule has 34 heavy (non-hydrogen) atoms. The van der Waals surface area contributed by atoms with Crippen LogP contribution in [0.25, 0.3) is 0 Å². The first-order chi connectivity index (χ1) is 16.7. The second kappa shape index (κ2) is 10.1. The highest BCUT2D eigenvalue weighted by molar-refractivity contribution is 5.49. The van der Waals surface area contributed by atoms with Crippen LogP contribution in [0.4, 0.5) is 5.69 Å². The van der Waals surface area contributed by atoms with Crippen LogP contribution in [0.5, 0.6) is 5.75 Å². The second-order valence-corrected chi connectivity index (χ2v) is 8.71. The molecule has 0 amide bonds. The Morgan fingerprint density at radius 1 is 0.853 bits per heavy atom. The summed E-state index contributed by atoms with van der Waals surface area (Å²) in [5.74, 6) is 1.76. The molecule has 7 nitrogen and oxygen atoms in total. The Morgan fingerprint density at radius 3 is 2.24 bits per heavy atom. The summed E-state index contributed by atoms with van der Waals surface area (Å²) < 4.78 is 7.25. The van der Waals surface area contributed by atoms with Crippen molar-refractivity contribution in [2.75, 3.05) is 38.2 Å². The van der Waals surface area contributed by atoms with Gasteiger partial charge < -0.3 is 9.64 Å². The van der Waals surface area contributed by atoms with Crippen LogP contribution >= 0.6 is 0 Å². The van der Waals surface area contributed by atoms with E-state index in [1.807, 2.05) is 22.9 Å². The molecule has 1 atom stereocenters. The normalized spacial score (nSPS) is 15.3. The van der Waals surface area contributed by atoms with Gasteiger partial charge in [0.05, 0.1) is 19.7 Å². The topological polar surface area (TPSA) is 59.3 Å². The Bertz CT molecular complexity index is 1180. The second-order valence-electron chi connectivity index (χ2n) is 8.71. The van der Waals surface area contributed by atoms with E-state index < -0.39 is 0 Å². The van der Waals surface area contributed by atoms with Crippen LogP contribution in [0.1, 0.15) is 28.6 Å². The molecule has 1 aliphatic rings. The average molecular weight is 455 g/mol. The summed E-state index contributed by atoms with van der Waals surface area (Å²) in [4.78, 5) is 4.92. The number of ether oxygens (including phenoxy) is 1. The van der Waals surface area contributed by atoms with Crippen molar-refractivity contribution in [2.45, 2.75) is 19.5 Å². The summed E-state index contributed by atoms with van der Waals surface area (Å²) in [7, 11) is 1.70. The van der Waals surface area contributed by atoms with Crippen LogP contribution in [-0.2, 0) is 6.54 Å². The molecule has 1 fully saturated rings. The number of methoxy groups -OCH3 is 1.